The summed E-state index contributed by atoms with van der Waals surface area (Å²) >= 11 is 12.6. The standard InChI is InChI=1S/C12H10Cl2N4O2S/c1-18(2)11(20)7-5-6(3-4-8(7)13)15-9(19)10-16-17-12(14)21-10/h3-5H,1-2H3,(H,15,19). The summed E-state index contributed by atoms with van der Waals surface area (Å²) in [5.74, 6) is -0.708. The Bertz CT molecular complexity index is 702. The molecule has 0 saturated heterocycles. The van der Waals surface area contributed by atoms with E-state index in [0.29, 0.717) is 16.3 Å². The van der Waals surface area contributed by atoms with Gasteiger partial charge in [0, 0.05) is 19.8 Å². The maximum absolute atomic E-state index is 12.0. The van der Waals surface area contributed by atoms with E-state index in [4.69, 9.17) is 23.2 Å². The first-order chi connectivity index (χ1) is 9.88. The number of rotatable bonds is 3. The van der Waals surface area contributed by atoms with Crippen LogP contribution >= 0.6 is 34.5 Å². The predicted molar refractivity (Wildman–Crippen MR) is 82.3 cm³/mol. The van der Waals surface area contributed by atoms with Gasteiger partial charge in [-0.2, -0.15) is 0 Å². The van der Waals surface area contributed by atoms with E-state index < -0.39 is 5.91 Å². The highest BCUT2D eigenvalue weighted by molar-refractivity contribution is 7.17. The van der Waals surface area contributed by atoms with Crippen molar-refractivity contribution >= 4 is 52.0 Å². The molecule has 0 aliphatic heterocycles. The number of hydrogen-bond acceptors (Lipinski definition) is 5. The number of benzene rings is 1. The SMILES string of the molecule is CN(C)C(=O)c1cc(NC(=O)c2nnc(Cl)s2)ccc1Cl. The number of carbonyl (C=O) groups excluding carboxylic acids is 2. The number of nitrogens with one attached hydrogen (secondary N) is 1. The van der Waals surface area contributed by atoms with Gasteiger partial charge in [-0.25, -0.2) is 0 Å². The molecule has 1 heterocycles. The van der Waals surface area contributed by atoms with E-state index >= 15 is 0 Å². The number of nitrogens with zero attached hydrogens (tertiary/aromatic N) is 3. The Labute approximate surface area is 134 Å². The molecule has 1 aromatic carbocycles. The van der Waals surface area contributed by atoms with Crippen molar-refractivity contribution in [2.45, 2.75) is 0 Å². The summed E-state index contributed by atoms with van der Waals surface area (Å²) in [6.45, 7) is 0. The maximum Gasteiger partial charge on any atom is 0.286 e. The minimum Gasteiger partial charge on any atom is -0.345 e. The van der Waals surface area contributed by atoms with Gasteiger partial charge in [-0.3, -0.25) is 9.59 Å². The van der Waals surface area contributed by atoms with Gasteiger partial charge in [-0.1, -0.05) is 22.9 Å². The van der Waals surface area contributed by atoms with Gasteiger partial charge in [0.2, 0.25) is 9.47 Å². The van der Waals surface area contributed by atoms with E-state index in [0.717, 1.165) is 11.3 Å². The van der Waals surface area contributed by atoms with Crippen molar-refractivity contribution in [3.8, 4) is 0 Å². The number of amides is 2. The first-order valence-electron chi connectivity index (χ1n) is 5.70. The Morgan fingerprint density at radius 2 is 1.95 bits per heavy atom. The lowest BCUT2D eigenvalue weighted by molar-refractivity contribution is 0.0827. The molecule has 2 amide bonds. The fourth-order valence-electron chi connectivity index (χ4n) is 1.49. The zero-order chi connectivity index (χ0) is 15.6. The molecule has 110 valence electrons. The lowest BCUT2D eigenvalue weighted by atomic mass is 10.1. The Morgan fingerprint density at radius 3 is 2.52 bits per heavy atom. The van der Waals surface area contributed by atoms with Crippen molar-refractivity contribution in [3.05, 3.63) is 38.3 Å². The van der Waals surface area contributed by atoms with E-state index in [1.54, 1.807) is 26.2 Å². The summed E-state index contributed by atoms with van der Waals surface area (Å²) in [7, 11) is 3.24. The van der Waals surface area contributed by atoms with Gasteiger partial charge in [0.05, 0.1) is 10.6 Å². The molecular weight excluding hydrogens is 335 g/mol. The molecule has 0 unspecified atom stereocenters. The van der Waals surface area contributed by atoms with Crippen LogP contribution in [0.5, 0.6) is 0 Å². The van der Waals surface area contributed by atoms with Crippen LogP contribution in [0.3, 0.4) is 0 Å². The van der Waals surface area contributed by atoms with E-state index in [1.165, 1.54) is 11.0 Å². The van der Waals surface area contributed by atoms with Gasteiger partial charge >= 0.3 is 0 Å². The smallest absolute Gasteiger partial charge is 0.286 e. The highest BCUT2D eigenvalue weighted by atomic mass is 35.5. The summed E-state index contributed by atoms with van der Waals surface area (Å²) in [4.78, 5) is 25.3. The average Bonchev–Trinajstić information content (AvgIpc) is 2.86. The van der Waals surface area contributed by atoms with Crippen molar-refractivity contribution in [2.24, 2.45) is 0 Å². The van der Waals surface area contributed by atoms with Gasteiger partial charge in [-0.05, 0) is 29.8 Å². The van der Waals surface area contributed by atoms with Crippen molar-refractivity contribution < 1.29 is 9.59 Å². The molecule has 0 atom stereocenters. The summed E-state index contributed by atoms with van der Waals surface area (Å²) < 4.78 is 0.180. The number of hydrogen-bond donors (Lipinski definition) is 1. The first kappa shape index (κ1) is 15.7. The Kier molecular flexibility index (Phi) is 4.76. The largest absolute Gasteiger partial charge is 0.345 e. The molecule has 0 radical (unpaired) electrons. The average molecular weight is 345 g/mol. The molecule has 0 bridgehead atoms. The van der Waals surface area contributed by atoms with Crippen molar-refractivity contribution in [3.63, 3.8) is 0 Å². The van der Waals surface area contributed by atoms with Crippen LogP contribution in [0.2, 0.25) is 9.49 Å². The summed E-state index contributed by atoms with van der Waals surface area (Å²) in [5.41, 5.74) is 0.732. The lowest BCUT2D eigenvalue weighted by Gasteiger charge is -2.13. The molecule has 0 aliphatic rings. The normalized spacial score (nSPS) is 10.3. The molecule has 21 heavy (non-hydrogen) atoms. The maximum atomic E-state index is 12.0. The predicted octanol–water partition coefficient (Wildman–Crippen LogP) is 2.80. The molecule has 2 rings (SSSR count). The Balaban J connectivity index is 2.23. The quantitative estimate of drug-likeness (QED) is 0.928. The number of carbonyl (C=O) groups is 2. The molecule has 0 fully saturated rings. The number of aromatic nitrogens is 2. The molecule has 1 N–H and O–H groups in total. The molecule has 0 spiro atoms. The van der Waals surface area contributed by atoms with Crippen molar-refractivity contribution in [1.29, 1.82) is 0 Å². The minimum absolute atomic E-state index is 0.135. The topological polar surface area (TPSA) is 75.2 Å². The highest BCUT2D eigenvalue weighted by Gasteiger charge is 2.16. The van der Waals surface area contributed by atoms with E-state index in [9.17, 15) is 9.59 Å². The Morgan fingerprint density at radius 1 is 1.24 bits per heavy atom. The zero-order valence-electron chi connectivity index (χ0n) is 11.1. The lowest BCUT2D eigenvalue weighted by Crippen LogP contribution is -2.22. The van der Waals surface area contributed by atoms with Gasteiger partial charge in [0.15, 0.2) is 0 Å². The van der Waals surface area contributed by atoms with Crippen LogP contribution in [0.4, 0.5) is 5.69 Å². The second kappa shape index (κ2) is 6.38. The summed E-state index contributed by atoms with van der Waals surface area (Å²) in [6, 6.07) is 4.64. The number of halogens is 2. The van der Waals surface area contributed by atoms with Crippen LogP contribution in [0.1, 0.15) is 20.2 Å². The van der Waals surface area contributed by atoms with Gasteiger partial charge < -0.3 is 10.2 Å². The van der Waals surface area contributed by atoms with E-state index in [-0.39, 0.29) is 15.4 Å². The van der Waals surface area contributed by atoms with Crippen molar-refractivity contribution in [2.75, 3.05) is 19.4 Å². The molecule has 9 heteroatoms. The van der Waals surface area contributed by atoms with Gasteiger partial charge in [-0.15, -0.1) is 10.2 Å². The summed E-state index contributed by atoms with van der Waals surface area (Å²) in [5, 5.41) is 10.3. The molecular formula is C12H10Cl2N4O2S. The third-order valence-corrected chi connectivity index (χ3v) is 3.80. The van der Waals surface area contributed by atoms with Crippen LogP contribution < -0.4 is 5.32 Å². The molecule has 1 aromatic heterocycles. The van der Waals surface area contributed by atoms with Crippen LogP contribution in [0, 0.1) is 0 Å². The van der Waals surface area contributed by atoms with Crippen LogP contribution in [0.25, 0.3) is 0 Å². The third-order valence-electron chi connectivity index (χ3n) is 2.46. The van der Waals surface area contributed by atoms with Crippen LogP contribution in [-0.2, 0) is 0 Å². The van der Waals surface area contributed by atoms with Crippen LogP contribution in [0.15, 0.2) is 18.2 Å². The molecule has 0 aliphatic carbocycles. The monoisotopic (exact) mass is 344 g/mol. The van der Waals surface area contributed by atoms with Crippen LogP contribution in [-0.4, -0.2) is 41.0 Å². The molecule has 2 aromatic rings. The zero-order valence-corrected chi connectivity index (χ0v) is 13.4. The fraction of sp³-hybridized carbons (Fsp3) is 0.167. The number of anilines is 1. The highest BCUT2D eigenvalue weighted by Crippen LogP contribution is 2.23. The minimum atomic E-state index is -0.454. The Hall–Kier alpha value is -1.70. The van der Waals surface area contributed by atoms with E-state index in [1.807, 2.05) is 0 Å². The fourth-order valence-corrected chi connectivity index (χ4v) is 2.41. The second-order valence-corrected chi connectivity index (χ2v) is 6.18. The third kappa shape index (κ3) is 3.69. The first-order valence-corrected chi connectivity index (χ1v) is 7.27. The summed E-state index contributed by atoms with van der Waals surface area (Å²) in [6.07, 6.45) is 0. The molecule has 6 nitrogen and oxygen atoms in total. The van der Waals surface area contributed by atoms with Gasteiger partial charge in [0.25, 0.3) is 11.8 Å². The molecule has 0 saturated carbocycles. The van der Waals surface area contributed by atoms with Gasteiger partial charge in [0.1, 0.15) is 0 Å². The van der Waals surface area contributed by atoms with E-state index in [2.05, 4.69) is 15.5 Å². The second-order valence-electron chi connectivity index (χ2n) is 4.21. The van der Waals surface area contributed by atoms with Crippen molar-refractivity contribution in [1.82, 2.24) is 15.1 Å².